The van der Waals surface area contributed by atoms with Crippen LogP contribution >= 0.6 is 0 Å². The van der Waals surface area contributed by atoms with Crippen LogP contribution in [-0.4, -0.2) is 11.2 Å². The van der Waals surface area contributed by atoms with Crippen LogP contribution in [0.15, 0.2) is 34.4 Å². The fourth-order valence-corrected chi connectivity index (χ4v) is 7.61. The highest BCUT2D eigenvalue weighted by molar-refractivity contribution is 5.37. The van der Waals surface area contributed by atoms with Crippen molar-refractivity contribution in [3.05, 3.63) is 34.4 Å². The minimum atomic E-state index is -0.133. The minimum Gasteiger partial charge on any atom is -0.393 e. The van der Waals surface area contributed by atoms with Crippen molar-refractivity contribution in [1.29, 1.82) is 0 Å². The Bertz CT molecular complexity index is 746. The molecule has 5 atom stereocenters. The summed E-state index contributed by atoms with van der Waals surface area (Å²) >= 11 is 0. The summed E-state index contributed by atoms with van der Waals surface area (Å²) in [6, 6.07) is 0. The second kappa shape index (κ2) is 9.20. The molecule has 1 N–H and O–H groups in total. The molecule has 0 aromatic carbocycles. The highest BCUT2D eigenvalue weighted by atomic mass is 16.3. The lowest BCUT2D eigenvalue weighted by Gasteiger charge is -2.57. The Morgan fingerprint density at radius 1 is 0.968 bits per heavy atom. The molecule has 0 bridgehead atoms. The van der Waals surface area contributed by atoms with Gasteiger partial charge in [-0.15, -0.1) is 0 Å². The van der Waals surface area contributed by atoms with E-state index in [-0.39, 0.29) is 11.5 Å². The van der Waals surface area contributed by atoms with E-state index in [2.05, 4.69) is 67.5 Å². The molecule has 1 nitrogen and oxygen atoms in total. The zero-order chi connectivity index (χ0) is 23.0. The van der Waals surface area contributed by atoms with Gasteiger partial charge >= 0.3 is 0 Å². The highest BCUT2D eigenvalue weighted by Crippen LogP contribution is 2.66. The van der Waals surface area contributed by atoms with Gasteiger partial charge < -0.3 is 5.11 Å². The molecule has 176 valence electrons. The monoisotopic (exact) mass is 426 g/mol. The van der Waals surface area contributed by atoms with E-state index in [0.29, 0.717) is 16.7 Å². The van der Waals surface area contributed by atoms with Crippen LogP contribution in [0, 0.1) is 28.1 Å². The number of aliphatic hydroxyl groups excluding tert-OH is 1. The van der Waals surface area contributed by atoms with Crippen LogP contribution < -0.4 is 0 Å². The molecule has 3 aliphatic carbocycles. The summed E-state index contributed by atoms with van der Waals surface area (Å²) in [5.74, 6) is 1.37. The van der Waals surface area contributed by atoms with Crippen LogP contribution in [0.25, 0.3) is 0 Å². The van der Waals surface area contributed by atoms with Gasteiger partial charge in [0.25, 0.3) is 0 Å². The highest BCUT2D eigenvalue weighted by Gasteiger charge is 2.57. The van der Waals surface area contributed by atoms with E-state index in [0.717, 1.165) is 12.3 Å². The van der Waals surface area contributed by atoms with Gasteiger partial charge in [0.15, 0.2) is 0 Å². The summed E-state index contributed by atoms with van der Waals surface area (Å²) in [6.45, 7) is 19.0. The quantitative estimate of drug-likeness (QED) is 0.403. The number of allylic oxidation sites excluding steroid dienone is 6. The largest absolute Gasteiger partial charge is 0.393 e. The zero-order valence-corrected chi connectivity index (χ0v) is 21.9. The first-order valence-corrected chi connectivity index (χ1v) is 13.1. The molecule has 3 rings (SSSR count). The van der Waals surface area contributed by atoms with E-state index >= 15 is 0 Å². The molecule has 0 aliphatic heterocycles. The van der Waals surface area contributed by atoms with Crippen LogP contribution in [0.2, 0.25) is 0 Å². The van der Waals surface area contributed by atoms with E-state index in [1.165, 1.54) is 63.4 Å². The maximum atomic E-state index is 10.7. The maximum Gasteiger partial charge on any atom is 0.0594 e. The van der Waals surface area contributed by atoms with Gasteiger partial charge in [0.05, 0.1) is 6.10 Å². The Labute approximate surface area is 193 Å². The number of fused-ring (bicyclic) bond motifs is 2. The number of hydrogen-bond acceptors (Lipinski definition) is 1. The van der Waals surface area contributed by atoms with Crippen molar-refractivity contribution in [2.75, 3.05) is 0 Å². The Hall–Kier alpha value is -0.820. The fraction of sp³-hybridized carbons (Fsp3) is 0.800. The molecule has 3 aliphatic rings. The molecule has 31 heavy (non-hydrogen) atoms. The molecule has 0 amide bonds. The van der Waals surface area contributed by atoms with Crippen LogP contribution in [0.5, 0.6) is 0 Å². The molecule has 0 saturated heterocycles. The van der Waals surface area contributed by atoms with Gasteiger partial charge in [-0.25, -0.2) is 0 Å². The zero-order valence-electron chi connectivity index (χ0n) is 21.9. The summed E-state index contributed by atoms with van der Waals surface area (Å²) in [7, 11) is 0. The second-order valence-electron chi connectivity index (χ2n) is 12.6. The van der Waals surface area contributed by atoms with E-state index in [9.17, 15) is 5.11 Å². The Kier molecular flexibility index (Phi) is 7.37. The predicted molar refractivity (Wildman–Crippen MR) is 135 cm³/mol. The molecule has 0 heterocycles. The third-order valence-corrected chi connectivity index (χ3v) is 10.1. The molecule has 1 saturated carbocycles. The number of rotatable bonds is 7. The first-order chi connectivity index (χ1) is 14.4. The van der Waals surface area contributed by atoms with Gasteiger partial charge in [0.2, 0.25) is 0 Å². The molecule has 0 spiro atoms. The van der Waals surface area contributed by atoms with Gasteiger partial charge in [-0.1, -0.05) is 69.1 Å². The minimum absolute atomic E-state index is 0.0456. The summed E-state index contributed by atoms with van der Waals surface area (Å²) in [5, 5.41) is 10.7. The van der Waals surface area contributed by atoms with Gasteiger partial charge in [-0.05, 0) is 113 Å². The lowest BCUT2D eigenvalue weighted by molar-refractivity contribution is -0.0890. The van der Waals surface area contributed by atoms with Crippen molar-refractivity contribution in [1.82, 2.24) is 0 Å². The van der Waals surface area contributed by atoms with E-state index < -0.39 is 0 Å². The van der Waals surface area contributed by atoms with Crippen molar-refractivity contribution < 1.29 is 5.11 Å². The maximum absolute atomic E-state index is 10.7. The van der Waals surface area contributed by atoms with Crippen LogP contribution in [0.4, 0.5) is 0 Å². The van der Waals surface area contributed by atoms with Crippen molar-refractivity contribution in [3.8, 4) is 0 Å². The van der Waals surface area contributed by atoms with Gasteiger partial charge in [-0.3, -0.25) is 0 Å². The lowest BCUT2D eigenvalue weighted by Crippen LogP contribution is -2.52. The summed E-state index contributed by atoms with van der Waals surface area (Å²) in [6.07, 6.45) is 17.0. The van der Waals surface area contributed by atoms with Crippen LogP contribution in [0.1, 0.15) is 120 Å². The normalized spacial score (nSPS) is 36.1. The molecule has 0 radical (unpaired) electrons. The smallest absolute Gasteiger partial charge is 0.0594 e. The van der Waals surface area contributed by atoms with Gasteiger partial charge in [0, 0.05) is 0 Å². The lowest BCUT2D eigenvalue weighted by atomic mass is 9.49. The first kappa shape index (κ1) is 24.8. The number of aliphatic hydroxyl groups is 1. The number of hydrogen-bond donors (Lipinski definition) is 1. The molecular formula is C30H50O. The summed E-state index contributed by atoms with van der Waals surface area (Å²) < 4.78 is 0. The molecular weight excluding hydrogens is 376 g/mol. The average molecular weight is 427 g/mol. The fourth-order valence-electron chi connectivity index (χ4n) is 7.61. The molecule has 0 unspecified atom stereocenters. The first-order valence-electron chi connectivity index (χ1n) is 13.1. The van der Waals surface area contributed by atoms with Crippen LogP contribution in [-0.2, 0) is 0 Å². The Morgan fingerprint density at radius 2 is 1.68 bits per heavy atom. The SMILES string of the molecule is CC(C)=CCCC(C)=CCC[C@@H](C)[C@@]1(C)CCC2=C1CC[C@H]1C(C)(C)[C@@H](O)CC[C@]21C. The van der Waals surface area contributed by atoms with E-state index in [4.69, 9.17) is 0 Å². The third kappa shape index (κ3) is 4.64. The molecule has 1 heteroatoms. The third-order valence-electron chi connectivity index (χ3n) is 10.1. The van der Waals surface area contributed by atoms with Gasteiger partial charge in [-0.2, -0.15) is 0 Å². The molecule has 0 aromatic rings. The predicted octanol–water partition coefficient (Wildman–Crippen LogP) is 8.79. The standard InChI is InChI=1S/C30H50O/c1-21(2)11-9-12-22(3)13-10-14-23(4)29(7)19-17-25-24(29)15-16-26-28(5,6)27(31)18-20-30(25,26)8/h11,13,23,26-27,31H,9-10,12,14-20H2,1-8H3/t23-,26+,27+,29-,30-/m1/s1. The van der Waals surface area contributed by atoms with Crippen LogP contribution in [0.3, 0.4) is 0 Å². The van der Waals surface area contributed by atoms with Crippen molar-refractivity contribution in [3.63, 3.8) is 0 Å². The van der Waals surface area contributed by atoms with E-state index in [1.54, 1.807) is 5.57 Å². The molecule has 1 fully saturated rings. The Balaban J connectivity index is 1.70. The van der Waals surface area contributed by atoms with Crippen molar-refractivity contribution in [2.24, 2.45) is 28.1 Å². The topological polar surface area (TPSA) is 20.2 Å². The second-order valence-corrected chi connectivity index (χ2v) is 12.6. The van der Waals surface area contributed by atoms with Gasteiger partial charge in [0.1, 0.15) is 0 Å². The summed E-state index contributed by atoms with van der Waals surface area (Å²) in [5.41, 5.74) is 7.37. The van der Waals surface area contributed by atoms with Crippen molar-refractivity contribution >= 4 is 0 Å². The Morgan fingerprint density at radius 3 is 2.35 bits per heavy atom. The average Bonchev–Trinajstić information content (AvgIpc) is 3.04. The van der Waals surface area contributed by atoms with Crippen molar-refractivity contribution in [2.45, 2.75) is 126 Å². The molecule has 0 aromatic heterocycles. The summed E-state index contributed by atoms with van der Waals surface area (Å²) in [4.78, 5) is 0. The van der Waals surface area contributed by atoms with E-state index in [1.807, 2.05) is 11.1 Å².